The van der Waals surface area contributed by atoms with Crippen LogP contribution in [0.15, 0.2) is 47.0 Å². The van der Waals surface area contributed by atoms with Crippen LogP contribution in [0.1, 0.15) is 28.2 Å². The zero-order valence-corrected chi connectivity index (χ0v) is 15.3. The SMILES string of the molecule is O=C(NCC1CCOC1)c1cc(COCc2ccc3ccccc3c2F)on1. The Morgan fingerprint density at radius 3 is 3.00 bits per heavy atom. The van der Waals surface area contributed by atoms with Crippen molar-refractivity contribution in [3.8, 4) is 0 Å². The number of benzene rings is 2. The number of hydrogen-bond donors (Lipinski definition) is 1. The molecule has 0 spiro atoms. The minimum absolute atomic E-state index is 0.0978. The molecule has 0 aliphatic carbocycles. The molecule has 1 aliphatic rings. The topological polar surface area (TPSA) is 73.6 Å². The quantitative estimate of drug-likeness (QED) is 0.675. The lowest BCUT2D eigenvalue weighted by Crippen LogP contribution is -2.29. The highest BCUT2D eigenvalue weighted by molar-refractivity contribution is 5.92. The van der Waals surface area contributed by atoms with Crippen LogP contribution < -0.4 is 5.32 Å². The fourth-order valence-electron chi connectivity index (χ4n) is 3.21. The number of aromatic nitrogens is 1. The third-order valence-electron chi connectivity index (χ3n) is 4.81. The van der Waals surface area contributed by atoms with Gasteiger partial charge in [-0.3, -0.25) is 4.79 Å². The number of carbonyl (C=O) groups excluding carboxylic acids is 1. The van der Waals surface area contributed by atoms with E-state index in [1.54, 1.807) is 18.2 Å². The molecule has 4 rings (SSSR count). The normalized spacial score (nSPS) is 16.5. The number of amides is 1. The van der Waals surface area contributed by atoms with E-state index in [0.717, 1.165) is 18.4 Å². The largest absolute Gasteiger partial charge is 0.381 e. The van der Waals surface area contributed by atoms with E-state index in [0.29, 0.717) is 35.8 Å². The lowest BCUT2D eigenvalue weighted by atomic mass is 10.1. The predicted octanol–water partition coefficient (Wildman–Crippen LogP) is 3.45. The zero-order valence-electron chi connectivity index (χ0n) is 15.3. The number of nitrogens with one attached hydrogen (secondary N) is 1. The molecule has 0 saturated carbocycles. The first-order chi connectivity index (χ1) is 13.7. The monoisotopic (exact) mass is 384 g/mol. The molecule has 0 bridgehead atoms. The molecule has 2 aromatic carbocycles. The van der Waals surface area contributed by atoms with Crippen molar-refractivity contribution in [2.75, 3.05) is 19.8 Å². The summed E-state index contributed by atoms with van der Waals surface area (Å²) in [5.74, 6) is 0.181. The lowest BCUT2D eigenvalue weighted by molar-refractivity contribution is 0.0860. The molecule has 146 valence electrons. The van der Waals surface area contributed by atoms with Crippen molar-refractivity contribution in [2.45, 2.75) is 19.6 Å². The van der Waals surface area contributed by atoms with E-state index in [-0.39, 0.29) is 30.6 Å². The van der Waals surface area contributed by atoms with Crippen LogP contribution in [0.2, 0.25) is 0 Å². The molecule has 7 heteroatoms. The van der Waals surface area contributed by atoms with Gasteiger partial charge in [0.15, 0.2) is 11.5 Å². The summed E-state index contributed by atoms with van der Waals surface area (Å²) in [6, 6.07) is 12.4. The van der Waals surface area contributed by atoms with Crippen LogP contribution in [0.4, 0.5) is 4.39 Å². The Morgan fingerprint density at radius 1 is 1.25 bits per heavy atom. The number of rotatable bonds is 7. The summed E-state index contributed by atoms with van der Waals surface area (Å²) >= 11 is 0. The zero-order chi connectivity index (χ0) is 19.3. The van der Waals surface area contributed by atoms with Gasteiger partial charge in [-0.05, 0) is 11.8 Å². The van der Waals surface area contributed by atoms with Crippen molar-refractivity contribution >= 4 is 16.7 Å². The second-order valence-electron chi connectivity index (χ2n) is 6.87. The van der Waals surface area contributed by atoms with Gasteiger partial charge in [-0.2, -0.15) is 0 Å². The van der Waals surface area contributed by atoms with Crippen LogP contribution in [0, 0.1) is 11.7 Å². The summed E-state index contributed by atoms with van der Waals surface area (Å²) in [4.78, 5) is 12.1. The van der Waals surface area contributed by atoms with Crippen LogP contribution >= 0.6 is 0 Å². The molecular weight excluding hydrogens is 363 g/mol. The lowest BCUT2D eigenvalue weighted by Gasteiger charge is -2.07. The van der Waals surface area contributed by atoms with Gasteiger partial charge in [0.25, 0.3) is 5.91 Å². The van der Waals surface area contributed by atoms with Crippen molar-refractivity contribution < 1.29 is 23.2 Å². The third kappa shape index (κ3) is 4.21. The minimum atomic E-state index is -0.289. The second kappa shape index (κ2) is 8.50. The van der Waals surface area contributed by atoms with Crippen LogP contribution in [0.3, 0.4) is 0 Å². The number of fused-ring (bicyclic) bond motifs is 1. The predicted molar refractivity (Wildman–Crippen MR) is 100 cm³/mol. The van der Waals surface area contributed by atoms with Gasteiger partial charge in [0.2, 0.25) is 0 Å². The summed E-state index contributed by atoms with van der Waals surface area (Å²) < 4.78 is 30.5. The van der Waals surface area contributed by atoms with Crippen molar-refractivity contribution in [2.24, 2.45) is 5.92 Å². The van der Waals surface area contributed by atoms with Crippen molar-refractivity contribution in [3.63, 3.8) is 0 Å². The van der Waals surface area contributed by atoms with E-state index >= 15 is 0 Å². The van der Waals surface area contributed by atoms with Crippen molar-refractivity contribution in [1.29, 1.82) is 0 Å². The van der Waals surface area contributed by atoms with E-state index in [1.165, 1.54) is 6.07 Å². The molecular formula is C21H21FN2O4. The second-order valence-corrected chi connectivity index (χ2v) is 6.87. The first kappa shape index (κ1) is 18.6. The highest BCUT2D eigenvalue weighted by Crippen LogP contribution is 2.22. The number of hydrogen-bond acceptors (Lipinski definition) is 5. The highest BCUT2D eigenvalue weighted by atomic mass is 19.1. The minimum Gasteiger partial charge on any atom is -0.381 e. The molecule has 6 nitrogen and oxygen atoms in total. The average molecular weight is 384 g/mol. The molecule has 1 aromatic heterocycles. The molecule has 28 heavy (non-hydrogen) atoms. The maximum Gasteiger partial charge on any atom is 0.273 e. The molecule has 1 atom stereocenters. The molecule has 0 radical (unpaired) electrons. The Labute approximate surface area is 161 Å². The molecule has 1 N–H and O–H groups in total. The van der Waals surface area contributed by atoms with Gasteiger partial charge < -0.3 is 19.3 Å². The molecule has 1 amide bonds. The van der Waals surface area contributed by atoms with Gasteiger partial charge >= 0.3 is 0 Å². The molecule has 2 heterocycles. The van der Waals surface area contributed by atoms with E-state index in [9.17, 15) is 9.18 Å². The Hall–Kier alpha value is -2.77. The molecule has 1 saturated heterocycles. The average Bonchev–Trinajstić information content (AvgIpc) is 3.40. The Kier molecular flexibility index (Phi) is 5.64. The fraction of sp³-hybridized carbons (Fsp3) is 0.333. The van der Waals surface area contributed by atoms with Crippen LogP contribution in [-0.4, -0.2) is 30.8 Å². The van der Waals surface area contributed by atoms with Gasteiger partial charge in [-0.25, -0.2) is 4.39 Å². The summed E-state index contributed by atoms with van der Waals surface area (Å²) in [5, 5.41) is 8.01. The summed E-state index contributed by atoms with van der Waals surface area (Å²) in [5.41, 5.74) is 0.671. The Morgan fingerprint density at radius 2 is 2.14 bits per heavy atom. The number of nitrogens with zero attached hydrogens (tertiary/aromatic N) is 1. The van der Waals surface area contributed by atoms with Crippen LogP contribution in [0.25, 0.3) is 10.8 Å². The molecule has 3 aromatic rings. The maximum absolute atomic E-state index is 14.5. The van der Waals surface area contributed by atoms with E-state index < -0.39 is 0 Å². The van der Waals surface area contributed by atoms with E-state index in [2.05, 4.69) is 10.5 Å². The Balaban J connectivity index is 1.30. The Bertz CT molecular complexity index is 966. The summed E-state index contributed by atoms with van der Waals surface area (Å²) in [7, 11) is 0. The third-order valence-corrected chi connectivity index (χ3v) is 4.81. The van der Waals surface area contributed by atoms with Crippen molar-refractivity contribution in [3.05, 3.63) is 65.3 Å². The first-order valence-corrected chi connectivity index (χ1v) is 9.26. The summed E-state index contributed by atoms with van der Waals surface area (Å²) in [6.45, 7) is 2.16. The fourth-order valence-corrected chi connectivity index (χ4v) is 3.21. The number of carbonyl (C=O) groups is 1. The summed E-state index contributed by atoms with van der Waals surface area (Å²) in [6.07, 6.45) is 0.948. The van der Waals surface area contributed by atoms with Gasteiger partial charge in [-0.1, -0.05) is 41.6 Å². The van der Waals surface area contributed by atoms with Crippen LogP contribution in [0.5, 0.6) is 0 Å². The smallest absolute Gasteiger partial charge is 0.273 e. The van der Waals surface area contributed by atoms with Gasteiger partial charge in [0, 0.05) is 36.1 Å². The molecule has 1 fully saturated rings. The number of ether oxygens (including phenoxy) is 2. The highest BCUT2D eigenvalue weighted by Gasteiger charge is 2.18. The van der Waals surface area contributed by atoms with Gasteiger partial charge in [0.1, 0.15) is 12.4 Å². The van der Waals surface area contributed by atoms with Gasteiger partial charge in [-0.15, -0.1) is 0 Å². The van der Waals surface area contributed by atoms with Gasteiger partial charge in [0.05, 0.1) is 13.2 Å². The maximum atomic E-state index is 14.5. The molecule has 1 aliphatic heterocycles. The first-order valence-electron chi connectivity index (χ1n) is 9.26. The molecule has 1 unspecified atom stereocenters. The van der Waals surface area contributed by atoms with Crippen molar-refractivity contribution in [1.82, 2.24) is 10.5 Å². The number of halogens is 1. The van der Waals surface area contributed by atoms with E-state index in [4.69, 9.17) is 14.0 Å². The standard InChI is InChI=1S/C21H21FN2O4/c22-20-16(6-5-15-3-1-2-4-18(15)20)12-27-13-17-9-19(24-28-17)21(25)23-10-14-7-8-26-11-14/h1-6,9,14H,7-8,10-13H2,(H,23,25). The van der Waals surface area contributed by atoms with Crippen LogP contribution in [-0.2, 0) is 22.7 Å². The van der Waals surface area contributed by atoms with E-state index in [1.807, 2.05) is 18.2 Å².